The molecule has 0 heterocycles. The van der Waals surface area contributed by atoms with Crippen molar-refractivity contribution in [2.24, 2.45) is 5.41 Å². The number of hydrogen-bond acceptors (Lipinski definition) is 3. The molecule has 0 spiro atoms. The van der Waals surface area contributed by atoms with Crippen LogP contribution in [0.1, 0.15) is 33.6 Å². The van der Waals surface area contributed by atoms with Crippen molar-refractivity contribution < 1.29 is 4.74 Å². The molecule has 0 fully saturated rings. The van der Waals surface area contributed by atoms with Gasteiger partial charge in [0, 0.05) is 13.2 Å². The molecule has 0 rings (SSSR count). The largest absolute Gasteiger partial charge is 0.380 e. The van der Waals surface area contributed by atoms with Gasteiger partial charge >= 0.3 is 0 Å². The van der Waals surface area contributed by atoms with Gasteiger partial charge in [-0.05, 0) is 33.2 Å². The highest BCUT2D eigenvalue weighted by Crippen LogP contribution is 2.17. The van der Waals surface area contributed by atoms with Gasteiger partial charge in [-0.15, -0.1) is 0 Å². The van der Waals surface area contributed by atoms with Crippen LogP contribution in [-0.2, 0) is 4.74 Å². The zero-order valence-corrected chi connectivity index (χ0v) is 9.60. The lowest BCUT2D eigenvalue weighted by molar-refractivity contribution is 0.117. The van der Waals surface area contributed by atoms with Crippen molar-refractivity contribution in [1.82, 2.24) is 5.32 Å². The second-order valence-electron chi connectivity index (χ2n) is 4.11. The fraction of sp³-hybridized carbons (Fsp3) is 0.909. The van der Waals surface area contributed by atoms with Crippen LogP contribution in [0, 0.1) is 16.7 Å². The summed E-state index contributed by atoms with van der Waals surface area (Å²) in [6.07, 6.45) is 1.96. The van der Waals surface area contributed by atoms with Crippen LogP contribution < -0.4 is 5.32 Å². The Kier molecular flexibility index (Phi) is 7.45. The molecule has 14 heavy (non-hydrogen) atoms. The minimum atomic E-state index is -0.253. The van der Waals surface area contributed by atoms with Gasteiger partial charge in [-0.3, -0.25) is 0 Å². The molecular weight excluding hydrogens is 176 g/mol. The van der Waals surface area contributed by atoms with E-state index in [0.29, 0.717) is 6.61 Å². The average Bonchev–Trinajstić information content (AvgIpc) is 2.16. The third-order valence-electron chi connectivity index (χ3n) is 2.02. The summed E-state index contributed by atoms with van der Waals surface area (Å²) in [5, 5.41) is 12.0. The maximum atomic E-state index is 8.75. The maximum Gasteiger partial charge on any atom is 0.0684 e. The highest BCUT2D eigenvalue weighted by molar-refractivity contribution is 4.91. The molecule has 0 amide bonds. The van der Waals surface area contributed by atoms with Crippen molar-refractivity contribution >= 4 is 0 Å². The number of nitrogens with one attached hydrogen (secondary N) is 1. The molecule has 0 aromatic heterocycles. The maximum absolute atomic E-state index is 8.75. The van der Waals surface area contributed by atoms with Crippen molar-refractivity contribution in [3.63, 3.8) is 0 Å². The Morgan fingerprint density at radius 2 is 2.00 bits per heavy atom. The molecule has 0 aliphatic rings. The molecule has 3 nitrogen and oxygen atoms in total. The zero-order valence-electron chi connectivity index (χ0n) is 9.60. The van der Waals surface area contributed by atoms with Crippen molar-refractivity contribution in [2.75, 3.05) is 26.3 Å². The first kappa shape index (κ1) is 13.4. The van der Waals surface area contributed by atoms with Crippen LogP contribution in [0.15, 0.2) is 0 Å². The second kappa shape index (κ2) is 7.78. The molecule has 0 aromatic rings. The quantitative estimate of drug-likeness (QED) is 0.606. The second-order valence-corrected chi connectivity index (χ2v) is 4.11. The number of nitrogens with zero attached hydrogens (tertiary/aromatic N) is 1. The summed E-state index contributed by atoms with van der Waals surface area (Å²) < 4.78 is 5.40. The smallest absolute Gasteiger partial charge is 0.0684 e. The van der Waals surface area contributed by atoms with Gasteiger partial charge < -0.3 is 10.1 Å². The minimum absolute atomic E-state index is 0.253. The fourth-order valence-electron chi connectivity index (χ4n) is 0.931. The van der Waals surface area contributed by atoms with Gasteiger partial charge in [0.05, 0.1) is 18.1 Å². The molecule has 3 heteroatoms. The Hall–Kier alpha value is -0.590. The van der Waals surface area contributed by atoms with Crippen LogP contribution in [0.3, 0.4) is 0 Å². The van der Waals surface area contributed by atoms with Crippen molar-refractivity contribution in [2.45, 2.75) is 33.6 Å². The Balaban J connectivity index is 3.18. The minimum Gasteiger partial charge on any atom is -0.380 e. The van der Waals surface area contributed by atoms with Crippen LogP contribution in [-0.4, -0.2) is 26.3 Å². The first-order chi connectivity index (χ1) is 6.62. The van der Waals surface area contributed by atoms with Gasteiger partial charge in [0.15, 0.2) is 0 Å². The monoisotopic (exact) mass is 198 g/mol. The zero-order chi connectivity index (χ0) is 10.9. The first-order valence-corrected chi connectivity index (χ1v) is 5.32. The van der Waals surface area contributed by atoms with E-state index < -0.39 is 0 Å². The van der Waals surface area contributed by atoms with E-state index in [9.17, 15) is 0 Å². The van der Waals surface area contributed by atoms with E-state index in [4.69, 9.17) is 10.00 Å². The van der Waals surface area contributed by atoms with E-state index in [0.717, 1.165) is 32.5 Å². The fourth-order valence-corrected chi connectivity index (χ4v) is 0.931. The predicted molar refractivity (Wildman–Crippen MR) is 58.0 cm³/mol. The molecule has 0 saturated carbocycles. The third kappa shape index (κ3) is 8.03. The van der Waals surface area contributed by atoms with Gasteiger partial charge in [0.2, 0.25) is 0 Å². The SMILES string of the molecule is CCCNCCOCCC(C)(C)C#N. The highest BCUT2D eigenvalue weighted by atomic mass is 16.5. The molecule has 0 aromatic carbocycles. The Morgan fingerprint density at radius 1 is 1.29 bits per heavy atom. The molecule has 0 aliphatic heterocycles. The van der Waals surface area contributed by atoms with Crippen LogP contribution in [0.5, 0.6) is 0 Å². The summed E-state index contributed by atoms with van der Waals surface area (Å²) in [6.45, 7) is 9.38. The number of ether oxygens (including phenoxy) is 1. The van der Waals surface area contributed by atoms with Gasteiger partial charge in [-0.1, -0.05) is 6.92 Å². The summed E-state index contributed by atoms with van der Waals surface area (Å²) in [7, 11) is 0. The summed E-state index contributed by atoms with van der Waals surface area (Å²) in [6, 6.07) is 2.26. The molecule has 0 aliphatic carbocycles. The number of nitriles is 1. The van der Waals surface area contributed by atoms with Crippen LogP contribution in [0.2, 0.25) is 0 Å². The van der Waals surface area contributed by atoms with E-state index in [1.807, 2.05) is 13.8 Å². The Labute approximate surface area is 87.4 Å². The topological polar surface area (TPSA) is 45.0 Å². The van der Waals surface area contributed by atoms with Gasteiger partial charge in [-0.25, -0.2) is 0 Å². The molecule has 1 N–H and O–H groups in total. The molecule has 0 atom stereocenters. The predicted octanol–water partition coefficient (Wildman–Crippen LogP) is 1.94. The molecule has 0 saturated heterocycles. The standard InChI is InChI=1S/C11H22N2O/c1-4-6-13-7-9-14-8-5-11(2,3)10-12/h13H,4-9H2,1-3H3. The van der Waals surface area contributed by atoms with Crippen molar-refractivity contribution in [1.29, 1.82) is 5.26 Å². The van der Waals surface area contributed by atoms with E-state index in [1.165, 1.54) is 0 Å². The van der Waals surface area contributed by atoms with Gasteiger partial charge in [0.1, 0.15) is 0 Å². The third-order valence-corrected chi connectivity index (χ3v) is 2.02. The lowest BCUT2D eigenvalue weighted by Crippen LogP contribution is -2.21. The van der Waals surface area contributed by atoms with E-state index in [2.05, 4.69) is 18.3 Å². The highest BCUT2D eigenvalue weighted by Gasteiger charge is 2.15. The molecule has 0 bridgehead atoms. The first-order valence-electron chi connectivity index (χ1n) is 5.32. The van der Waals surface area contributed by atoms with Crippen molar-refractivity contribution in [3.05, 3.63) is 0 Å². The molecule has 82 valence electrons. The molecule has 0 radical (unpaired) electrons. The summed E-state index contributed by atoms with van der Waals surface area (Å²) in [5.74, 6) is 0. The summed E-state index contributed by atoms with van der Waals surface area (Å²) >= 11 is 0. The Bertz CT molecular complexity index is 173. The number of rotatable bonds is 8. The lowest BCUT2D eigenvalue weighted by Gasteiger charge is -2.14. The van der Waals surface area contributed by atoms with E-state index >= 15 is 0 Å². The normalized spacial score (nSPS) is 11.3. The van der Waals surface area contributed by atoms with E-state index in [-0.39, 0.29) is 5.41 Å². The Morgan fingerprint density at radius 3 is 2.57 bits per heavy atom. The molecule has 0 unspecified atom stereocenters. The van der Waals surface area contributed by atoms with Gasteiger partial charge in [0.25, 0.3) is 0 Å². The lowest BCUT2D eigenvalue weighted by atomic mass is 9.92. The van der Waals surface area contributed by atoms with Crippen molar-refractivity contribution in [3.8, 4) is 6.07 Å². The average molecular weight is 198 g/mol. The van der Waals surface area contributed by atoms with E-state index in [1.54, 1.807) is 0 Å². The van der Waals surface area contributed by atoms with Gasteiger partial charge in [-0.2, -0.15) is 5.26 Å². The molecular formula is C11H22N2O. The van der Waals surface area contributed by atoms with Crippen LogP contribution in [0.25, 0.3) is 0 Å². The summed E-state index contributed by atoms with van der Waals surface area (Å²) in [5.41, 5.74) is -0.253. The number of hydrogen-bond donors (Lipinski definition) is 1. The van der Waals surface area contributed by atoms with Crippen LogP contribution in [0.4, 0.5) is 0 Å². The van der Waals surface area contributed by atoms with Crippen LogP contribution >= 0.6 is 0 Å². The summed E-state index contributed by atoms with van der Waals surface area (Å²) in [4.78, 5) is 0.